The van der Waals surface area contributed by atoms with Crippen LogP contribution in [0.4, 0.5) is 13.2 Å². The van der Waals surface area contributed by atoms with Crippen molar-refractivity contribution in [3.8, 4) is 0 Å². The van der Waals surface area contributed by atoms with Crippen molar-refractivity contribution in [1.29, 1.82) is 0 Å². The van der Waals surface area contributed by atoms with Crippen LogP contribution < -0.4 is 0 Å². The van der Waals surface area contributed by atoms with E-state index in [2.05, 4.69) is 4.74 Å². The van der Waals surface area contributed by atoms with Crippen LogP contribution in [0.1, 0.15) is 13.3 Å². The topological polar surface area (TPSA) is 71.1 Å². The van der Waals surface area contributed by atoms with E-state index >= 15 is 0 Å². The molecule has 0 aliphatic carbocycles. The Labute approximate surface area is 167 Å². The van der Waals surface area contributed by atoms with Gasteiger partial charge in [0.1, 0.15) is 5.73 Å². The van der Waals surface area contributed by atoms with Crippen LogP contribution in [0.15, 0.2) is 12.2 Å². The van der Waals surface area contributed by atoms with Gasteiger partial charge in [-0.25, -0.2) is 14.0 Å². The molecule has 0 saturated heterocycles. The molecule has 0 aromatic rings. The average Bonchev–Trinajstić information content (AvgIpc) is 2.46. The van der Waals surface area contributed by atoms with Crippen LogP contribution in [0, 0.1) is 0 Å². The van der Waals surface area contributed by atoms with E-state index in [1.54, 1.807) is 0 Å². The molecule has 0 N–H and O–H groups in total. The van der Waals surface area contributed by atoms with Crippen molar-refractivity contribution in [2.24, 2.45) is 0 Å². The van der Waals surface area contributed by atoms with Crippen molar-refractivity contribution in [2.75, 3.05) is 6.67 Å². The Balaban J connectivity index is 5.31. The predicted molar refractivity (Wildman–Crippen MR) is 107 cm³/mol. The van der Waals surface area contributed by atoms with Gasteiger partial charge in [0.2, 0.25) is 0 Å². The highest BCUT2D eigenvalue weighted by molar-refractivity contribution is 6.88. The van der Waals surface area contributed by atoms with E-state index in [4.69, 9.17) is 13.0 Å². The van der Waals surface area contributed by atoms with E-state index in [9.17, 15) is 22.8 Å². The summed E-state index contributed by atoms with van der Waals surface area (Å²) in [6, 6.07) is 0. The van der Waals surface area contributed by atoms with E-state index in [0.29, 0.717) is 18.6 Å². The van der Waals surface area contributed by atoms with Gasteiger partial charge in [0, 0.05) is 12.2 Å². The largest absolute Gasteiger partial charge is 0.457 e. The number of rotatable bonds is 11. The van der Waals surface area contributed by atoms with Crippen molar-refractivity contribution >= 4 is 37.1 Å². The molecule has 164 valence electrons. The van der Waals surface area contributed by atoms with Crippen LogP contribution in [0.2, 0.25) is 45.8 Å². The highest BCUT2D eigenvalue weighted by Gasteiger charge is 2.48. The summed E-state index contributed by atoms with van der Waals surface area (Å²) in [6.45, 7) is 13.5. The van der Waals surface area contributed by atoms with Gasteiger partial charge in [0.25, 0.3) is 0 Å². The second kappa shape index (κ2) is 10.2. The molecule has 0 heterocycles. The Kier molecular flexibility index (Phi) is 9.84. The molecule has 0 bridgehead atoms. The maximum atomic E-state index is 12.7. The molecule has 1 atom stereocenters. The molecule has 0 spiro atoms. The lowest BCUT2D eigenvalue weighted by atomic mass is 10.5. The zero-order chi connectivity index (χ0) is 22.4. The highest BCUT2D eigenvalue weighted by atomic mass is 28.5. The summed E-state index contributed by atoms with van der Waals surface area (Å²) in [7, 11) is -7.02. The molecule has 0 radical (unpaired) electrons. The normalized spacial score (nSPS) is 14.8. The van der Waals surface area contributed by atoms with Crippen molar-refractivity contribution in [2.45, 2.75) is 71.0 Å². The lowest BCUT2D eigenvalue weighted by Gasteiger charge is -2.42. The summed E-state index contributed by atoms with van der Waals surface area (Å²) >= 11 is 0. The van der Waals surface area contributed by atoms with Crippen LogP contribution >= 0.6 is 0 Å². The average molecular weight is 461 g/mol. The van der Waals surface area contributed by atoms with Gasteiger partial charge in [-0.1, -0.05) is 6.92 Å². The molecular formula is C16H31F3O6Si3. The minimum absolute atomic E-state index is 0.418. The van der Waals surface area contributed by atoms with E-state index in [1.165, 1.54) is 0 Å². The fourth-order valence-electron chi connectivity index (χ4n) is 2.45. The Bertz CT molecular complexity index is 557. The monoisotopic (exact) mass is 460 g/mol. The lowest BCUT2D eigenvalue weighted by Crippen LogP contribution is -2.60. The molecule has 28 heavy (non-hydrogen) atoms. The highest BCUT2D eigenvalue weighted by Crippen LogP contribution is 2.27. The van der Waals surface area contributed by atoms with Gasteiger partial charge in [-0.15, -0.1) is 0 Å². The molecule has 6 nitrogen and oxygen atoms in total. The third kappa shape index (κ3) is 11.1. The standard InChI is InChI=1S/C16H31F3O6Si3/c1-9-15(28(8,24-26(2,3)4)25-27(5,6)7)22-13(20)10-11-14(21)23-16(18,19)12-17/h10-11,15H,9,12H2,1-8H3/b11-10+. The number of halogens is 3. The first kappa shape index (κ1) is 27.0. The number of hydrogen-bond donors (Lipinski definition) is 0. The first-order valence-corrected chi connectivity index (χ1v) is 18.1. The van der Waals surface area contributed by atoms with Crippen LogP contribution in [0.3, 0.4) is 0 Å². The van der Waals surface area contributed by atoms with E-state index in [-0.39, 0.29) is 0 Å². The molecule has 0 amide bonds. The number of alkyl halides is 3. The second-order valence-corrected chi connectivity index (χ2v) is 21.1. The Hall–Kier alpha value is -0.959. The number of hydrogen-bond acceptors (Lipinski definition) is 6. The molecule has 0 aliphatic heterocycles. The van der Waals surface area contributed by atoms with Gasteiger partial charge in [0.05, 0.1) is 0 Å². The van der Waals surface area contributed by atoms with E-state index in [0.717, 1.165) is 0 Å². The molecule has 0 fully saturated rings. The summed E-state index contributed by atoms with van der Waals surface area (Å²) in [5.74, 6) is -2.48. The molecule has 1 unspecified atom stereocenters. The van der Waals surface area contributed by atoms with Crippen LogP contribution in [-0.4, -0.2) is 55.6 Å². The molecule has 0 rings (SSSR count). The summed E-state index contributed by atoms with van der Waals surface area (Å²) < 4.78 is 59.0. The van der Waals surface area contributed by atoms with Gasteiger partial charge >= 0.3 is 26.6 Å². The van der Waals surface area contributed by atoms with E-state index < -0.39 is 55.6 Å². The zero-order valence-corrected chi connectivity index (χ0v) is 20.7. The van der Waals surface area contributed by atoms with Crippen molar-refractivity contribution < 1.29 is 40.5 Å². The first-order valence-electron chi connectivity index (χ1n) is 8.89. The van der Waals surface area contributed by atoms with Gasteiger partial charge in [-0.2, -0.15) is 8.78 Å². The van der Waals surface area contributed by atoms with Crippen LogP contribution in [-0.2, 0) is 27.3 Å². The summed E-state index contributed by atoms with van der Waals surface area (Å²) in [5, 5.41) is 0. The maximum Gasteiger partial charge on any atom is 0.429 e. The number of carbonyl (C=O) groups excluding carboxylic acids is 2. The first-order chi connectivity index (χ1) is 12.4. The van der Waals surface area contributed by atoms with Gasteiger partial charge in [-0.3, -0.25) is 0 Å². The molecule has 0 aromatic heterocycles. The second-order valence-electron chi connectivity index (χ2n) is 8.30. The quantitative estimate of drug-likeness (QED) is 0.260. The Morgan fingerprint density at radius 2 is 1.36 bits per heavy atom. The zero-order valence-electron chi connectivity index (χ0n) is 17.7. The molecule has 0 aliphatic rings. The van der Waals surface area contributed by atoms with Crippen molar-refractivity contribution in [3.05, 3.63) is 12.2 Å². The number of ether oxygens (including phenoxy) is 2. The van der Waals surface area contributed by atoms with E-state index in [1.807, 2.05) is 52.8 Å². The SMILES string of the molecule is CCC(OC(=O)/C=C/C(=O)OC(F)(F)CF)[Si](C)(O[Si](C)(C)C)O[Si](C)(C)C. The summed E-state index contributed by atoms with van der Waals surface area (Å²) in [6.07, 6.45) is -2.69. The van der Waals surface area contributed by atoms with Gasteiger partial charge < -0.3 is 17.7 Å². The maximum absolute atomic E-state index is 12.7. The summed E-state index contributed by atoms with van der Waals surface area (Å²) in [5.41, 5.74) is -0.661. The lowest BCUT2D eigenvalue weighted by molar-refractivity contribution is -0.234. The fraction of sp³-hybridized carbons (Fsp3) is 0.750. The Morgan fingerprint density at radius 1 is 0.929 bits per heavy atom. The fourth-order valence-corrected chi connectivity index (χ4v) is 14.8. The minimum atomic E-state index is -4.24. The smallest absolute Gasteiger partial charge is 0.429 e. The molecule has 0 aromatic carbocycles. The Morgan fingerprint density at radius 3 is 1.71 bits per heavy atom. The van der Waals surface area contributed by atoms with Gasteiger partial charge in [-0.05, 0) is 52.2 Å². The van der Waals surface area contributed by atoms with Crippen molar-refractivity contribution in [1.82, 2.24) is 0 Å². The summed E-state index contributed by atoms with van der Waals surface area (Å²) in [4.78, 5) is 23.3. The number of carbonyl (C=O) groups is 2. The third-order valence-corrected chi connectivity index (χ3v) is 12.8. The van der Waals surface area contributed by atoms with Crippen LogP contribution in [0.5, 0.6) is 0 Å². The minimum Gasteiger partial charge on any atom is -0.457 e. The molecule has 0 saturated carbocycles. The third-order valence-electron chi connectivity index (χ3n) is 2.99. The molecular weight excluding hydrogens is 429 g/mol. The van der Waals surface area contributed by atoms with Crippen LogP contribution in [0.25, 0.3) is 0 Å². The van der Waals surface area contributed by atoms with Crippen molar-refractivity contribution in [3.63, 3.8) is 0 Å². The predicted octanol–water partition coefficient (Wildman–Crippen LogP) is 4.28. The number of esters is 2. The van der Waals surface area contributed by atoms with Gasteiger partial charge in [0.15, 0.2) is 23.3 Å². The molecule has 12 heteroatoms.